The van der Waals surface area contributed by atoms with E-state index in [1.165, 1.54) is 29.2 Å². The molecule has 1 N–H and O–H groups in total. The lowest BCUT2D eigenvalue weighted by Gasteiger charge is -2.24. The van der Waals surface area contributed by atoms with E-state index in [0.717, 1.165) is 12.0 Å². The minimum atomic E-state index is -0.631. The predicted octanol–water partition coefficient (Wildman–Crippen LogP) is 2.57. The van der Waals surface area contributed by atoms with Crippen LogP contribution in [0.4, 0.5) is 4.39 Å². The Morgan fingerprint density at radius 1 is 1.08 bits per heavy atom. The molecule has 4 nitrogen and oxygen atoms in total. The minimum Gasteiger partial charge on any atom is -0.354 e. The monoisotopic (exact) mass is 338 g/mol. The lowest BCUT2D eigenvalue weighted by molar-refractivity contribution is -0.123. The first-order valence-electron chi connectivity index (χ1n) is 8.20. The average Bonchev–Trinajstić information content (AvgIpc) is 3.12. The maximum atomic E-state index is 13.0. The van der Waals surface area contributed by atoms with E-state index in [9.17, 15) is 14.0 Å². The highest BCUT2D eigenvalue weighted by Crippen LogP contribution is 2.15. The zero-order valence-corrected chi connectivity index (χ0v) is 13.7. The van der Waals surface area contributed by atoms with Crippen LogP contribution >= 0.6 is 0 Å². The molecule has 25 heavy (non-hydrogen) atoms. The molecule has 3 rings (SSSR count). The molecule has 0 fully saturated rings. The number of hydrogen-bond donors (Lipinski definition) is 1. The van der Waals surface area contributed by atoms with Crippen molar-refractivity contribution in [1.29, 1.82) is 0 Å². The van der Waals surface area contributed by atoms with Gasteiger partial charge < -0.3 is 10.2 Å². The molecular formula is C20H19FN2O2. The Bertz CT molecular complexity index is 772. The molecule has 5 heteroatoms. The Morgan fingerprint density at radius 2 is 1.80 bits per heavy atom. The van der Waals surface area contributed by atoms with Gasteiger partial charge in [-0.1, -0.05) is 42.5 Å². The molecule has 0 radical (unpaired) electrons. The topological polar surface area (TPSA) is 49.4 Å². The second-order valence-corrected chi connectivity index (χ2v) is 5.86. The summed E-state index contributed by atoms with van der Waals surface area (Å²) in [5.74, 6) is -0.889. The fraction of sp³-hybridized carbons (Fsp3) is 0.200. The molecule has 0 aliphatic carbocycles. The molecule has 1 atom stereocenters. The highest BCUT2D eigenvalue weighted by Gasteiger charge is 2.30. The van der Waals surface area contributed by atoms with Crippen LogP contribution in [0.1, 0.15) is 15.9 Å². The van der Waals surface area contributed by atoms with E-state index in [-0.39, 0.29) is 11.8 Å². The van der Waals surface area contributed by atoms with Gasteiger partial charge in [0.05, 0.1) is 0 Å². The smallest absolute Gasteiger partial charge is 0.255 e. The molecule has 2 aromatic rings. The van der Waals surface area contributed by atoms with Gasteiger partial charge in [0.1, 0.15) is 11.9 Å². The third kappa shape index (κ3) is 4.12. The van der Waals surface area contributed by atoms with Gasteiger partial charge in [-0.2, -0.15) is 0 Å². The molecule has 0 saturated carbocycles. The van der Waals surface area contributed by atoms with Gasteiger partial charge in [-0.25, -0.2) is 4.39 Å². The third-order valence-electron chi connectivity index (χ3n) is 4.13. The van der Waals surface area contributed by atoms with Crippen LogP contribution in [0.15, 0.2) is 66.7 Å². The molecule has 1 aliphatic heterocycles. The minimum absolute atomic E-state index is 0.208. The van der Waals surface area contributed by atoms with Crippen LogP contribution < -0.4 is 5.32 Å². The summed E-state index contributed by atoms with van der Waals surface area (Å²) in [5, 5.41) is 2.87. The number of nitrogens with zero attached hydrogens (tertiary/aromatic N) is 1. The molecule has 0 spiro atoms. The first kappa shape index (κ1) is 16.9. The molecule has 2 amide bonds. The fourth-order valence-electron chi connectivity index (χ4n) is 2.80. The SMILES string of the molecule is O=C(NCCc1ccccc1)[C@H]1C=CCN1C(=O)c1ccc(F)cc1. The van der Waals surface area contributed by atoms with Crippen molar-refractivity contribution in [3.63, 3.8) is 0 Å². The summed E-state index contributed by atoms with van der Waals surface area (Å²) in [5.41, 5.74) is 1.51. The van der Waals surface area contributed by atoms with Gasteiger partial charge in [0.2, 0.25) is 5.91 Å². The standard InChI is InChI=1S/C20H19FN2O2/c21-17-10-8-16(9-11-17)20(25)23-14-4-7-18(23)19(24)22-13-12-15-5-2-1-3-6-15/h1-11,18H,12-14H2,(H,22,24)/t18-/m1/s1. The fourth-order valence-corrected chi connectivity index (χ4v) is 2.80. The lowest BCUT2D eigenvalue weighted by Crippen LogP contribution is -2.46. The van der Waals surface area contributed by atoms with E-state index >= 15 is 0 Å². The first-order chi connectivity index (χ1) is 12.1. The summed E-state index contributed by atoms with van der Waals surface area (Å²) in [7, 11) is 0. The zero-order valence-electron chi connectivity index (χ0n) is 13.7. The number of carbonyl (C=O) groups excluding carboxylic acids is 2. The Hall–Kier alpha value is -2.95. The van der Waals surface area contributed by atoms with Gasteiger partial charge in [-0.05, 0) is 36.2 Å². The van der Waals surface area contributed by atoms with Gasteiger partial charge in [0.25, 0.3) is 5.91 Å². The van der Waals surface area contributed by atoms with E-state index in [1.807, 2.05) is 30.3 Å². The van der Waals surface area contributed by atoms with E-state index < -0.39 is 11.9 Å². The summed E-state index contributed by atoms with van der Waals surface area (Å²) in [6.07, 6.45) is 4.25. The van der Waals surface area contributed by atoms with Gasteiger partial charge >= 0.3 is 0 Å². The van der Waals surface area contributed by atoms with Crippen molar-refractivity contribution in [3.8, 4) is 0 Å². The molecule has 0 bridgehead atoms. The number of hydrogen-bond acceptors (Lipinski definition) is 2. The summed E-state index contributed by atoms with van der Waals surface area (Å²) in [6, 6.07) is 14.6. The van der Waals surface area contributed by atoms with Crippen LogP contribution in [-0.2, 0) is 11.2 Å². The van der Waals surface area contributed by atoms with Gasteiger partial charge in [-0.3, -0.25) is 9.59 Å². The number of benzene rings is 2. The number of carbonyl (C=O) groups is 2. The Labute approximate surface area is 146 Å². The molecule has 1 heterocycles. The molecule has 1 aliphatic rings. The largest absolute Gasteiger partial charge is 0.354 e. The second-order valence-electron chi connectivity index (χ2n) is 5.86. The molecule has 0 aromatic heterocycles. The van der Waals surface area contributed by atoms with Crippen molar-refractivity contribution in [2.45, 2.75) is 12.5 Å². The van der Waals surface area contributed by atoms with Crippen molar-refractivity contribution in [3.05, 3.63) is 83.7 Å². The van der Waals surface area contributed by atoms with Crippen LogP contribution in [-0.4, -0.2) is 35.8 Å². The van der Waals surface area contributed by atoms with Gasteiger partial charge in [0, 0.05) is 18.7 Å². The van der Waals surface area contributed by atoms with Crippen molar-refractivity contribution in [1.82, 2.24) is 10.2 Å². The Morgan fingerprint density at radius 3 is 2.52 bits per heavy atom. The predicted molar refractivity (Wildman–Crippen MR) is 93.5 cm³/mol. The summed E-state index contributed by atoms with van der Waals surface area (Å²) in [6.45, 7) is 0.874. The quantitative estimate of drug-likeness (QED) is 0.852. The lowest BCUT2D eigenvalue weighted by atomic mass is 10.1. The summed E-state index contributed by atoms with van der Waals surface area (Å²) < 4.78 is 13.0. The molecular weight excluding hydrogens is 319 g/mol. The average molecular weight is 338 g/mol. The zero-order chi connectivity index (χ0) is 17.6. The number of amides is 2. The molecule has 2 aromatic carbocycles. The van der Waals surface area contributed by atoms with Crippen LogP contribution in [0, 0.1) is 5.82 Å². The highest BCUT2D eigenvalue weighted by molar-refractivity contribution is 5.98. The number of rotatable bonds is 5. The first-order valence-corrected chi connectivity index (χ1v) is 8.20. The molecule has 128 valence electrons. The van der Waals surface area contributed by atoms with Crippen LogP contribution in [0.25, 0.3) is 0 Å². The summed E-state index contributed by atoms with van der Waals surface area (Å²) >= 11 is 0. The van der Waals surface area contributed by atoms with E-state index in [0.29, 0.717) is 18.7 Å². The van der Waals surface area contributed by atoms with Crippen LogP contribution in [0.3, 0.4) is 0 Å². The normalized spacial score (nSPS) is 16.0. The highest BCUT2D eigenvalue weighted by atomic mass is 19.1. The van der Waals surface area contributed by atoms with Crippen molar-refractivity contribution in [2.24, 2.45) is 0 Å². The third-order valence-corrected chi connectivity index (χ3v) is 4.13. The van der Waals surface area contributed by atoms with Gasteiger partial charge in [-0.15, -0.1) is 0 Å². The Balaban J connectivity index is 1.58. The maximum Gasteiger partial charge on any atom is 0.255 e. The van der Waals surface area contributed by atoms with Crippen LogP contribution in [0.5, 0.6) is 0 Å². The molecule has 0 saturated heterocycles. The van der Waals surface area contributed by atoms with E-state index in [2.05, 4.69) is 5.32 Å². The summed E-state index contributed by atoms with van der Waals surface area (Å²) in [4.78, 5) is 26.4. The number of nitrogens with one attached hydrogen (secondary N) is 1. The van der Waals surface area contributed by atoms with Crippen LogP contribution in [0.2, 0.25) is 0 Å². The van der Waals surface area contributed by atoms with Crippen molar-refractivity contribution in [2.75, 3.05) is 13.1 Å². The van der Waals surface area contributed by atoms with Gasteiger partial charge in [0.15, 0.2) is 0 Å². The number of halogens is 1. The van der Waals surface area contributed by atoms with E-state index in [1.54, 1.807) is 12.2 Å². The maximum absolute atomic E-state index is 13.0. The molecule has 0 unspecified atom stereocenters. The van der Waals surface area contributed by atoms with E-state index in [4.69, 9.17) is 0 Å². The van der Waals surface area contributed by atoms with Crippen molar-refractivity contribution >= 4 is 11.8 Å². The van der Waals surface area contributed by atoms with Crippen molar-refractivity contribution < 1.29 is 14.0 Å². The Kier molecular flexibility index (Phi) is 5.23. The second kappa shape index (κ2) is 7.75.